The van der Waals surface area contributed by atoms with Gasteiger partial charge in [0.15, 0.2) is 0 Å². The molecule has 0 aromatic carbocycles. The number of rotatable bonds is 2. The van der Waals surface area contributed by atoms with E-state index in [9.17, 15) is 0 Å². The summed E-state index contributed by atoms with van der Waals surface area (Å²) in [5, 5.41) is 0. The van der Waals surface area contributed by atoms with Crippen LogP contribution >= 0.6 is 0 Å². The largest absolute Gasteiger partial charge is 0.297 e. The highest BCUT2D eigenvalue weighted by atomic mass is 15.2. The minimum Gasteiger partial charge on any atom is -0.297 e. The van der Waals surface area contributed by atoms with Gasteiger partial charge in [-0.3, -0.25) is 4.90 Å². The monoisotopic (exact) mass is 167 g/mol. The normalized spacial score (nSPS) is 42.0. The van der Waals surface area contributed by atoms with Crippen LogP contribution in [0.5, 0.6) is 0 Å². The second kappa shape index (κ2) is 3.37. The average molecular weight is 167 g/mol. The molecule has 0 saturated carbocycles. The van der Waals surface area contributed by atoms with E-state index in [1.54, 1.807) is 0 Å². The Morgan fingerprint density at radius 2 is 1.75 bits per heavy atom. The van der Waals surface area contributed by atoms with Crippen molar-refractivity contribution in [2.75, 3.05) is 6.54 Å². The van der Waals surface area contributed by atoms with Crippen LogP contribution in [-0.4, -0.2) is 23.5 Å². The molecule has 0 radical (unpaired) electrons. The van der Waals surface area contributed by atoms with Gasteiger partial charge in [-0.1, -0.05) is 13.8 Å². The van der Waals surface area contributed by atoms with Gasteiger partial charge < -0.3 is 0 Å². The van der Waals surface area contributed by atoms with Gasteiger partial charge in [0.1, 0.15) is 0 Å². The zero-order valence-electron chi connectivity index (χ0n) is 8.42. The third-order valence-electron chi connectivity index (χ3n) is 3.60. The second-order valence-electron chi connectivity index (χ2n) is 4.70. The maximum absolute atomic E-state index is 2.78. The molecular formula is C11H21N. The van der Waals surface area contributed by atoms with E-state index in [-0.39, 0.29) is 0 Å². The molecule has 2 heterocycles. The van der Waals surface area contributed by atoms with Gasteiger partial charge in [0.25, 0.3) is 0 Å². The second-order valence-corrected chi connectivity index (χ2v) is 4.70. The highest BCUT2D eigenvalue weighted by Gasteiger charge is 2.38. The molecule has 2 bridgehead atoms. The summed E-state index contributed by atoms with van der Waals surface area (Å²) in [5.41, 5.74) is 0. The van der Waals surface area contributed by atoms with Crippen LogP contribution in [0.1, 0.15) is 46.0 Å². The van der Waals surface area contributed by atoms with Gasteiger partial charge in [-0.05, 0) is 44.6 Å². The molecule has 2 unspecified atom stereocenters. The summed E-state index contributed by atoms with van der Waals surface area (Å²) in [6.45, 7) is 6.08. The minimum atomic E-state index is 0.957. The number of hydrogen-bond donors (Lipinski definition) is 0. The fourth-order valence-corrected chi connectivity index (χ4v) is 3.17. The van der Waals surface area contributed by atoms with E-state index < -0.39 is 0 Å². The van der Waals surface area contributed by atoms with Gasteiger partial charge in [0, 0.05) is 12.1 Å². The molecule has 0 N–H and O–H groups in total. The van der Waals surface area contributed by atoms with Crippen molar-refractivity contribution in [1.29, 1.82) is 0 Å². The van der Waals surface area contributed by atoms with Gasteiger partial charge in [0.2, 0.25) is 0 Å². The van der Waals surface area contributed by atoms with Gasteiger partial charge >= 0.3 is 0 Å². The molecule has 0 aliphatic carbocycles. The molecule has 0 aromatic rings. The SMILES string of the molecule is CCCN1C2CC[C@@H]1CC(C)C2. The zero-order chi connectivity index (χ0) is 8.55. The fourth-order valence-electron chi connectivity index (χ4n) is 3.17. The summed E-state index contributed by atoms with van der Waals surface area (Å²) < 4.78 is 0. The number of nitrogens with zero attached hydrogens (tertiary/aromatic N) is 1. The molecule has 3 atom stereocenters. The molecule has 2 rings (SSSR count). The molecule has 0 spiro atoms. The van der Waals surface area contributed by atoms with Crippen LogP contribution in [0.4, 0.5) is 0 Å². The first-order valence-corrected chi connectivity index (χ1v) is 5.57. The maximum atomic E-state index is 2.78. The fraction of sp³-hybridized carbons (Fsp3) is 1.00. The lowest BCUT2D eigenvalue weighted by molar-refractivity contribution is 0.110. The summed E-state index contributed by atoms with van der Waals surface area (Å²) in [7, 11) is 0. The predicted octanol–water partition coefficient (Wildman–Crippen LogP) is 2.66. The number of fused-ring (bicyclic) bond motifs is 2. The van der Waals surface area contributed by atoms with Crippen molar-refractivity contribution >= 4 is 0 Å². The van der Waals surface area contributed by atoms with Gasteiger partial charge in [0.05, 0.1) is 0 Å². The Morgan fingerprint density at radius 1 is 1.17 bits per heavy atom. The van der Waals surface area contributed by atoms with Crippen molar-refractivity contribution in [1.82, 2.24) is 4.90 Å². The lowest BCUT2D eigenvalue weighted by atomic mass is 9.92. The van der Waals surface area contributed by atoms with Gasteiger partial charge in [-0.25, -0.2) is 0 Å². The van der Waals surface area contributed by atoms with Crippen LogP contribution in [0.25, 0.3) is 0 Å². The summed E-state index contributed by atoms with van der Waals surface area (Å²) in [4.78, 5) is 2.78. The van der Waals surface area contributed by atoms with E-state index in [0.29, 0.717) is 0 Å². The molecule has 12 heavy (non-hydrogen) atoms. The smallest absolute Gasteiger partial charge is 0.0101 e. The Bertz CT molecular complexity index is 141. The quantitative estimate of drug-likeness (QED) is 0.611. The predicted molar refractivity (Wildman–Crippen MR) is 52.2 cm³/mol. The lowest BCUT2D eigenvalue weighted by Gasteiger charge is -2.37. The summed E-state index contributed by atoms with van der Waals surface area (Å²) in [6, 6.07) is 1.91. The first-order chi connectivity index (χ1) is 5.81. The standard InChI is InChI=1S/C11H21N/c1-3-6-12-10-4-5-11(12)8-9(2)7-10/h9-11H,3-8H2,1-2H3/t9?,10-,11?/m1/s1. The molecule has 2 fully saturated rings. The first kappa shape index (κ1) is 8.55. The van der Waals surface area contributed by atoms with Crippen LogP contribution in [0.2, 0.25) is 0 Å². The molecule has 70 valence electrons. The van der Waals surface area contributed by atoms with Crippen molar-refractivity contribution in [3.05, 3.63) is 0 Å². The Hall–Kier alpha value is -0.0400. The summed E-state index contributed by atoms with van der Waals surface area (Å²) in [6.07, 6.45) is 7.23. The van der Waals surface area contributed by atoms with Crippen LogP contribution in [0.3, 0.4) is 0 Å². The van der Waals surface area contributed by atoms with Crippen molar-refractivity contribution in [2.45, 2.75) is 58.0 Å². The molecule has 0 aromatic heterocycles. The number of hydrogen-bond acceptors (Lipinski definition) is 1. The van der Waals surface area contributed by atoms with Crippen LogP contribution in [-0.2, 0) is 0 Å². The first-order valence-electron chi connectivity index (χ1n) is 5.57. The number of piperidine rings is 1. The van der Waals surface area contributed by atoms with E-state index in [1.807, 2.05) is 0 Å². The van der Waals surface area contributed by atoms with Crippen molar-refractivity contribution in [3.8, 4) is 0 Å². The minimum absolute atomic E-state index is 0.957. The van der Waals surface area contributed by atoms with E-state index in [2.05, 4.69) is 18.7 Å². The van der Waals surface area contributed by atoms with Gasteiger partial charge in [-0.15, -0.1) is 0 Å². The van der Waals surface area contributed by atoms with Crippen LogP contribution in [0, 0.1) is 5.92 Å². The third-order valence-corrected chi connectivity index (χ3v) is 3.60. The zero-order valence-corrected chi connectivity index (χ0v) is 8.42. The third kappa shape index (κ3) is 1.39. The summed E-state index contributed by atoms with van der Waals surface area (Å²) in [5.74, 6) is 0.996. The van der Waals surface area contributed by atoms with E-state index in [1.165, 1.54) is 38.6 Å². The molecule has 2 aliphatic heterocycles. The maximum Gasteiger partial charge on any atom is 0.0101 e. The Morgan fingerprint density at radius 3 is 2.25 bits per heavy atom. The average Bonchev–Trinajstić information content (AvgIpc) is 2.32. The van der Waals surface area contributed by atoms with Gasteiger partial charge in [-0.2, -0.15) is 0 Å². The molecular weight excluding hydrogens is 146 g/mol. The van der Waals surface area contributed by atoms with E-state index >= 15 is 0 Å². The molecule has 1 nitrogen and oxygen atoms in total. The lowest BCUT2D eigenvalue weighted by Crippen LogP contribution is -2.42. The van der Waals surface area contributed by atoms with Crippen LogP contribution < -0.4 is 0 Å². The molecule has 2 saturated heterocycles. The van der Waals surface area contributed by atoms with E-state index in [0.717, 1.165) is 18.0 Å². The molecule has 1 heteroatoms. The Kier molecular flexibility index (Phi) is 2.40. The highest BCUT2D eigenvalue weighted by molar-refractivity contribution is 4.93. The van der Waals surface area contributed by atoms with E-state index in [4.69, 9.17) is 0 Å². The van der Waals surface area contributed by atoms with Crippen molar-refractivity contribution in [2.24, 2.45) is 5.92 Å². The molecule has 0 amide bonds. The highest BCUT2D eigenvalue weighted by Crippen LogP contribution is 2.38. The topological polar surface area (TPSA) is 3.24 Å². The molecule has 2 aliphatic rings. The Balaban J connectivity index is 1.99. The van der Waals surface area contributed by atoms with Crippen molar-refractivity contribution in [3.63, 3.8) is 0 Å². The Labute approximate surface area is 76.1 Å². The summed E-state index contributed by atoms with van der Waals surface area (Å²) >= 11 is 0. The van der Waals surface area contributed by atoms with Crippen molar-refractivity contribution < 1.29 is 0 Å². The van der Waals surface area contributed by atoms with Crippen LogP contribution in [0.15, 0.2) is 0 Å².